The van der Waals surface area contributed by atoms with Gasteiger partial charge in [0.15, 0.2) is 0 Å². The Hall–Kier alpha value is -2.31. The minimum atomic E-state index is -0.459. The normalized spacial score (nSPS) is 10.9. The van der Waals surface area contributed by atoms with Gasteiger partial charge in [-0.1, -0.05) is 12.1 Å². The van der Waals surface area contributed by atoms with Crippen LogP contribution in [0, 0.1) is 11.6 Å². The van der Waals surface area contributed by atoms with Gasteiger partial charge in [-0.3, -0.25) is 4.79 Å². The second-order valence-electron chi connectivity index (χ2n) is 5.83. The topological polar surface area (TPSA) is 44.4 Å². The third kappa shape index (κ3) is 5.72. The van der Waals surface area contributed by atoms with Crippen molar-refractivity contribution in [2.45, 2.75) is 13.1 Å². The number of halogens is 2. The van der Waals surface area contributed by atoms with Crippen molar-refractivity contribution in [2.24, 2.45) is 0 Å². The molecule has 2 rings (SSSR count). The molecule has 0 bridgehead atoms. The van der Waals surface area contributed by atoms with Gasteiger partial charge in [-0.2, -0.15) is 0 Å². The van der Waals surface area contributed by atoms with Gasteiger partial charge >= 0.3 is 0 Å². The fraction of sp³-hybridized carbons (Fsp3) is 0.278. The molecular formula is C18H21F2N3O. The fourth-order valence-corrected chi connectivity index (χ4v) is 2.27. The molecule has 24 heavy (non-hydrogen) atoms. The highest BCUT2D eigenvalue weighted by Crippen LogP contribution is 2.12. The van der Waals surface area contributed by atoms with Crippen LogP contribution in [0.4, 0.5) is 14.5 Å². The van der Waals surface area contributed by atoms with Crippen molar-refractivity contribution < 1.29 is 13.6 Å². The lowest BCUT2D eigenvalue weighted by Crippen LogP contribution is -2.27. The summed E-state index contributed by atoms with van der Waals surface area (Å²) in [4.78, 5) is 13.5. The molecular weight excluding hydrogens is 312 g/mol. The number of hydrogen-bond donors (Lipinski definition) is 2. The highest BCUT2D eigenvalue weighted by molar-refractivity contribution is 5.92. The monoisotopic (exact) mass is 333 g/mol. The second-order valence-corrected chi connectivity index (χ2v) is 5.83. The van der Waals surface area contributed by atoms with Gasteiger partial charge in [-0.15, -0.1) is 0 Å². The van der Waals surface area contributed by atoms with E-state index < -0.39 is 11.6 Å². The van der Waals surface area contributed by atoms with Crippen LogP contribution >= 0.6 is 0 Å². The lowest BCUT2D eigenvalue weighted by molar-refractivity contribution is -0.116. The van der Waals surface area contributed by atoms with E-state index in [0.29, 0.717) is 18.8 Å². The van der Waals surface area contributed by atoms with Crippen LogP contribution in [-0.2, 0) is 17.9 Å². The second kappa shape index (κ2) is 8.52. The van der Waals surface area contributed by atoms with Crippen LogP contribution < -0.4 is 10.6 Å². The number of rotatable bonds is 7. The zero-order valence-corrected chi connectivity index (χ0v) is 13.8. The molecule has 0 unspecified atom stereocenters. The van der Waals surface area contributed by atoms with Crippen molar-refractivity contribution in [2.75, 3.05) is 26.0 Å². The van der Waals surface area contributed by atoms with E-state index in [2.05, 4.69) is 10.6 Å². The summed E-state index contributed by atoms with van der Waals surface area (Å²) in [6, 6.07) is 10.8. The molecule has 0 aliphatic heterocycles. The molecule has 0 heterocycles. The van der Waals surface area contributed by atoms with E-state index in [9.17, 15) is 13.6 Å². The first kappa shape index (κ1) is 18.0. The minimum absolute atomic E-state index is 0.0908. The molecule has 0 aliphatic rings. The average molecular weight is 333 g/mol. The molecule has 0 fully saturated rings. The van der Waals surface area contributed by atoms with Gasteiger partial charge in [-0.05, 0) is 50.0 Å². The van der Waals surface area contributed by atoms with E-state index in [1.807, 2.05) is 38.4 Å². The quantitative estimate of drug-likeness (QED) is 0.819. The Morgan fingerprint density at radius 3 is 2.62 bits per heavy atom. The average Bonchev–Trinajstić information content (AvgIpc) is 2.50. The molecule has 6 heteroatoms. The molecule has 1 amide bonds. The molecule has 2 aromatic carbocycles. The third-order valence-corrected chi connectivity index (χ3v) is 3.32. The van der Waals surface area contributed by atoms with Crippen LogP contribution in [0.1, 0.15) is 11.1 Å². The first-order chi connectivity index (χ1) is 11.4. The summed E-state index contributed by atoms with van der Waals surface area (Å²) in [6.45, 7) is 1.01. The molecule has 0 saturated heterocycles. The predicted octanol–water partition coefficient (Wildman–Crippen LogP) is 2.75. The Kier molecular flexibility index (Phi) is 6.40. The number of carbonyl (C=O) groups is 1. The Labute approximate surface area is 140 Å². The highest BCUT2D eigenvalue weighted by atomic mass is 19.1. The van der Waals surface area contributed by atoms with E-state index in [-0.39, 0.29) is 18.0 Å². The molecule has 128 valence electrons. The van der Waals surface area contributed by atoms with Gasteiger partial charge in [0, 0.05) is 24.3 Å². The molecule has 2 N–H and O–H groups in total. The number of nitrogens with zero attached hydrogens (tertiary/aromatic N) is 1. The van der Waals surface area contributed by atoms with E-state index in [0.717, 1.165) is 17.7 Å². The number of nitrogens with one attached hydrogen (secondary N) is 2. The van der Waals surface area contributed by atoms with Crippen molar-refractivity contribution in [3.05, 3.63) is 65.2 Å². The molecule has 0 spiro atoms. The van der Waals surface area contributed by atoms with Crippen molar-refractivity contribution in [1.82, 2.24) is 10.2 Å². The van der Waals surface area contributed by atoms with Crippen molar-refractivity contribution >= 4 is 11.6 Å². The van der Waals surface area contributed by atoms with Crippen LogP contribution in [0.15, 0.2) is 42.5 Å². The molecule has 0 saturated carbocycles. The summed E-state index contributed by atoms with van der Waals surface area (Å²) in [5, 5.41) is 5.89. The molecule has 0 aliphatic carbocycles. The molecule has 0 atom stereocenters. The maximum absolute atomic E-state index is 13.5. The van der Waals surface area contributed by atoms with Crippen LogP contribution in [0.3, 0.4) is 0 Å². The smallest absolute Gasteiger partial charge is 0.238 e. The van der Waals surface area contributed by atoms with Gasteiger partial charge in [0.25, 0.3) is 0 Å². The van der Waals surface area contributed by atoms with Gasteiger partial charge < -0.3 is 15.5 Å². The maximum Gasteiger partial charge on any atom is 0.238 e. The number of benzene rings is 2. The Morgan fingerprint density at radius 1 is 1.08 bits per heavy atom. The summed E-state index contributed by atoms with van der Waals surface area (Å²) >= 11 is 0. The predicted molar refractivity (Wildman–Crippen MR) is 90.5 cm³/mol. The van der Waals surface area contributed by atoms with E-state index in [1.165, 1.54) is 6.07 Å². The Morgan fingerprint density at radius 2 is 1.88 bits per heavy atom. The Bertz CT molecular complexity index is 704. The first-order valence-electron chi connectivity index (χ1n) is 7.62. The van der Waals surface area contributed by atoms with Crippen LogP contribution in [0.25, 0.3) is 0 Å². The minimum Gasteiger partial charge on any atom is -0.325 e. The SMILES string of the molecule is CN(C)CC(=O)Nc1cccc(CNCc2cc(F)ccc2F)c1. The Balaban J connectivity index is 1.90. The summed E-state index contributed by atoms with van der Waals surface area (Å²) in [6.07, 6.45) is 0. The molecule has 0 radical (unpaired) electrons. The first-order valence-corrected chi connectivity index (χ1v) is 7.62. The zero-order valence-electron chi connectivity index (χ0n) is 13.8. The third-order valence-electron chi connectivity index (χ3n) is 3.32. The standard InChI is InChI=1S/C18H21F2N3O/c1-23(2)12-18(24)22-16-5-3-4-13(8-16)10-21-11-14-9-15(19)6-7-17(14)20/h3-9,21H,10-12H2,1-2H3,(H,22,24). The summed E-state index contributed by atoms with van der Waals surface area (Å²) in [7, 11) is 3.65. The van der Waals surface area contributed by atoms with Gasteiger partial charge in [0.1, 0.15) is 11.6 Å². The lowest BCUT2D eigenvalue weighted by Gasteiger charge is -2.11. The molecule has 0 aromatic heterocycles. The number of amides is 1. The van der Waals surface area contributed by atoms with E-state index >= 15 is 0 Å². The number of likely N-dealkylation sites (N-methyl/N-ethyl adjacent to an activating group) is 1. The van der Waals surface area contributed by atoms with Crippen molar-refractivity contribution in [1.29, 1.82) is 0 Å². The summed E-state index contributed by atoms with van der Waals surface area (Å²) in [5.74, 6) is -0.987. The largest absolute Gasteiger partial charge is 0.325 e. The van der Waals surface area contributed by atoms with E-state index in [1.54, 1.807) is 4.90 Å². The zero-order chi connectivity index (χ0) is 17.5. The van der Waals surface area contributed by atoms with Crippen LogP contribution in [-0.4, -0.2) is 31.4 Å². The highest BCUT2D eigenvalue weighted by Gasteiger charge is 2.05. The maximum atomic E-state index is 13.5. The summed E-state index contributed by atoms with van der Waals surface area (Å²) < 4.78 is 26.7. The van der Waals surface area contributed by atoms with Crippen LogP contribution in [0.5, 0.6) is 0 Å². The lowest BCUT2D eigenvalue weighted by atomic mass is 10.1. The van der Waals surface area contributed by atoms with Crippen molar-refractivity contribution in [3.63, 3.8) is 0 Å². The number of anilines is 1. The van der Waals surface area contributed by atoms with Crippen LogP contribution in [0.2, 0.25) is 0 Å². The van der Waals surface area contributed by atoms with E-state index in [4.69, 9.17) is 0 Å². The molecule has 4 nitrogen and oxygen atoms in total. The number of carbonyl (C=O) groups excluding carboxylic acids is 1. The molecule has 2 aromatic rings. The summed E-state index contributed by atoms with van der Waals surface area (Å²) in [5.41, 5.74) is 1.93. The van der Waals surface area contributed by atoms with Gasteiger partial charge in [0.2, 0.25) is 5.91 Å². The number of hydrogen-bond acceptors (Lipinski definition) is 3. The van der Waals surface area contributed by atoms with Gasteiger partial charge in [0.05, 0.1) is 6.54 Å². The fourth-order valence-electron chi connectivity index (χ4n) is 2.27. The van der Waals surface area contributed by atoms with Crippen molar-refractivity contribution in [3.8, 4) is 0 Å². The van der Waals surface area contributed by atoms with Gasteiger partial charge in [-0.25, -0.2) is 8.78 Å².